The Morgan fingerprint density at radius 3 is 1.75 bits per heavy atom. The summed E-state index contributed by atoms with van der Waals surface area (Å²) >= 11 is 0. The molecule has 1 heteroatoms. The molecule has 1 nitrogen and oxygen atoms in total. The summed E-state index contributed by atoms with van der Waals surface area (Å²) in [6.07, 6.45) is 1.22. The van der Waals surface area contributed by atoms with Gasteiger partial charge in [0.2, 0.25) is 0 Å². The first-order chi connectivity index (χ1) is 3.45. The van der Waals surface area contributed by atoms with Crippen LogP contribution < -0.4 is 0 Å². The van der Waals surface area contributed by atoms with Crippen LogP contribution in [0.1, 0.15) is 11.1 Å². The van der Waals surface area contributed by atoms with Gasteiger partial charge in [0.05, 0.1) is 0 Å². The second-order valence-corrected chi connectivity index (χ2v) is 2.00. The summed E-state index contributed by atoms with van der Waals surface area (Å²) in [6, 6.07) is 8.65. The Hall–Kier alpha value is -0.820. The summed E-state index contributed by atoms with van der Waals surface area (Å²) in [6.45, 7) is 0. The van der Waals surface area contributed by atoms with Crippen LogP contribution in [-0.2, 0) is 6.42 Å². The van der Waals surface area contributed by atoms with Gasteiger partial charge >= 0.3 is 0 Å². The molecule has 8 heavy (non-hydrogen) atoms. The van der Waals surface area contributed by atoms with Gasteiger partial charge in [-0.2, -0.15) is 0 Å². The van der Waals surface area contributed by atoms with Gasteiger partial charge in [-0.15, -0.1) is 0 Å². The van der Waals surface area contributed by atoms with E-state index in [2.05, 4.69) is 24.3 Å². The number of fused-ring (bicyclic) bond motifs is 2. The highest BCUT2D eigenvalue weighted by atomic mass is 16.0. The van der Waals surface area contributed by atoms with Gasteiger partial charge in [0.25, 0.3) is 0 Å². The smallest absolute Gasteiger partial charge is 0.00256 e. The van der Waals surface area contributed by atoms with Gasteiger partial charge < -0.3 is 5.48 Å². The Kier molecular flexibility index (Phi) is 1.06. The van der Waals surface area contributed by atoms with Crippen LogP contribution >= 0.6 is 0 Å². The van der Waals surface area contributed by atoms with Crippen LogP contribution in [0.15, 0.2) is 24.3 Å². The molecule has 2 bridgehead atoms. The van der Waals surface area contributed by atoms with Crippen LogP contribution in [0.5, 0.6) is 0 Å². The highest BCUT2D eigenvalue weighted by Crippen LogP contribution is 2.18. The Labute approximate surface area is 48.3 Å². The molecule has 0 amide bonds. The molecule has 0 unspecified atom stereocenters. The molecule has 2 N–H and O–H groups in total. The molecule has 2 aliphatic rings. The average molecular weight is 108 g/mol. The zero-order valence-electron chi connectivity index (χ0n) is 4.52. The van der Waals surface area contributed by atoms with E-state index >= 15 is 0 Å². The molecule has 2 aliphatic carbocycles. The van der Waals surface area contributed by atoms with Crippen LogP contribution in [0, 0.1) is 0 Å². The summed E-state index contributed by atoms with van der Waals surface area (Å²) < 4.78 is 0. The lowest BCUT2D eigenvalue weighted by atomic mass is 9.94. The monoisotopic (exact) mass is 108 g/mol. The molecule has 0 aliphatic heterocycles. The average Bonchev–Trinajstić information content (AvgIpc) is 1.67. The lowest BCUT2D eigenvalue weighted by Crippen LogP contribution is -1.97. The molecule has 1 aromatic rings. The quantitative estimate of drug-likeness (QED) is 0.477. The molecule has 1 aromatic carbocycles. The minimum Gasteiger partial charge on any atom is -0.412 e. The predicted molar refractivity (Wildman–Crippen MR) is 32.9 cm³/mol. The maximum absolute atomic E-state index is 2.22. The second-order valence-electron chi connectivity index (χ2n) is 2.00. The van der Waals surface area contributed by atoms with E-state index in [1.54, 1.807) is 0 Å². The third-order valence-electron chi connectivity index (χ3n) is 1.40. The minimum atomic E-state index is 0. The molecule has 0 saturated carbocycles. The first-order valence-corrected chi connectivity index (χ1v) is 2.53. The zero-order chi connectivity index (χ0) is 4.69. The molecule has 0 spiro atoms. The van der Waals surface area contributed by atoms with Gasteiger partial charge in [0.15, 0.2) is 0 Å². The predicted octanol–water partition coefficient (Wildman–Crippen LogP) is 0.766. The van der Waals surface area contributed by atoms with Gasteiger partial charge in [-0.05, 0) is 17.5 Å². The molecule has 0 aromatic heterocycles. The normalized spacial score (nSPS) is 11.5. The zero-order valence-corrected chi connectivity index (χ0v) is 4.52. The molecule has 0 radical (unpaired) electrons. The summed E-state index contributed by atoms with van der Waals surface area (Å²) in [5, 5.41) is 0. The van der Waals surface area contributed by atoms with Crippen molar-refractivity contribution < 1.29 is 5.48 Å². The van der Waals surface area contributed by atoms with E-state index in [4.69, 9.17) is 0 Å². The van der Waals surface area contributed by atoms with E-state index in [0.717, 1.165) is 0 Å². The van der Waals surface area contributed by atoms with Crippen molar-refractivity contribution in [2.45, 2.75) is 6.42 Å². The van der Waals surface area contributed by atoms with E-state index in [1.807, 2.05) is 0 Å². The highest BCUT2D eigenvalue weighted by molar-refractivity contribution is 5.37. The molecule has 3 rings (SSSR count). The van der Waals surface area contributed by atoms with Crippen molar-refractivity contribution in [3.63, 3.8) is 0 Å². The van der Waals surface area contributed by atoms with Crippen molar-refractivity contribution >= 4 is 0 Å². The number of hydrogen-bond donors (Lipinski definition) is 0. The Balaban J connectivity index is 0.000000320. The van der Waals surface area contributed by atoms with Crippen LogP contribution in [0.2, 0.25) is 0 Å². The number of hydrogen-bond acceptors (Lipinski definition) is 0. The third kappa shape index (κ3) is 0.521. The topological polar surface area (TPSA) is 31.5 Å². The molecule has 0 fully saturated rings. The molecular weight excluding hydrogens is 100 g/mol. The van der Waals surface area contributed by atoms with E-state index in [0.29, 0.717) is 0 Å². The molecule has 0 atom stereocenters. The lowest BCUT2D eigenvalue weighted by molar-refractivity contribution is 0.824. The van der Waals surface area contributed by atoms with Gasteiger partial charge in [-0.1, -0.05) is 24.3 Å². The van der Waals surface area contributed by atoms with Crippen molar-refractivity contribution in [1.82, 2.24) is 0 Å². The van der Waals surface area contributed by atoms with Crippen molar-refractivity contribution in [3.8, 4) is 0 Å². The van der Waals surface area contributed by atoms with E-state index in [1.165, 1.54) is 17.5 Å². The van der Waals surface area contributed by atoms with Crippen molar-refractivity contribution in [2.24, 2.45) is 0 Å². The maximum Gasteiger partial charge on any atom is -0.00256 e. The van der Waals surface area contributed by atoms with Crippen molar-refractivity contribution in [1.29, 1.82) is 0 Å². The fraction of sp³-hybridized carbons (Fsp3) is 0.143. The molecular formula is C7H8O. The lowest BCUT2D eigenvalue weighted by Gasteiger charge is -2.11. The van der Waals surface area contributed by atoms with Gasteiger partial charge in [-0.25, -0.2) is 0 Å². The van der Waals surface area contributed by atoms with Gasteiger partial charge in [-0.3, -0.25) is 0 Å². The number of benzene rings is 1. The van der Waals surface area contributed by atoms with Crippen LogP contribution in [0.4, 0.5) is 0 Å². The largest absolute Gasteiger partial charge is 0.412 e. The SMILES string of the molecule is O.c1cc2cc(c1)C2. The summed E-state index contributed by atoms with van der Waals surface area (Å²) in [5.41, 5.74) is 2.97. The molecule has 0 saturated heterocycles. The molecule has 0 heterocycles. The Bertz CT molecular complexity index is 169. The Morgan fingerprint density at radius 2 is 1.62 bits per heavy atom. The summed E-state index contributed by atoms with van der Waals surface area (Å²) in [7, 11) is 0. The second kappa shape index (κ2) is 1.60. The fourth-order valence-electron chi connectivity index (χ4n) is 0.954. The standard InChI is InChI=1S/C7H6.H2O/c1-2-6-4-7(3-1)5-6;/h1-4H,5H2;1H2. The fourth-order valence-corrected chi connectivity index (χ4v) is 0.954. The van der Waals surface area contributed by atoms with Crippen molar-refractivity contribution in [2.75, 3.05) is 0 Å². The van der Waals surface area contributed by atoms with E-state index in [-0.39, 0.29) is 5.48 Å². The third-order valence-corrected chi connectivity index (χ3v) is 1.40. The maximum atomic E-state index is 2.22. The summed E-state index contributed by atoms with van der Waals surface area (Å²) in [5.74, 6) is 0. The van der Waals surface area contributed by atoms with Crippen molar-refractivity contribution in [3.05, 3.63) is 35.4 Å². The van der Waals surface area contributed by atoms with Crippen LogP contribution in [-0.4, -0.2) is 5.48 Å². The first-order valence-electron chi connectivity index (χ1n) is 2.53. The van der Waals surface area contributed by atoms with Gasteiger partial charge in [0.1, 0.15) is 0 Å². The van der Waals surface area contributed by atoms with Crippen LogP contribution in [0.25, 0.3) is 0 Å². The highest BCUT2D eigenvalue weighted by Gasteiger charge is 2.04. The minimum absolute atomic E-state index is 0. The number of rotatable bonds is 0. The first kappa shape index (κ1) is 5.32. The summed E-state index contributed by atoms with van der Waals surface area (Å²) in [4.78, 5) is 0. The van der Waals surface area contributed by atoms with Crippen LogP contribution in [0.3, 0.4) is 0 Å². The van der Waals surface area contributed by atoms with E-state index in [9.17, 15) is 0 Å². The Morgan fingerprint density at radius 1 is 1.12 bits per heavy atom. The van der Waals surface area contributed by atoms with Gasteiger partial charge in [0, 0.05) is 0 Å². The molecule has 42 valence electrons. The van der Waals surface area contributed by atoms with E-state index < -0.39 is 0 Å².